The van der Waals surface area contributed by atoms with E-state index in [1.54, 1.807) is 0 Å². The lowest BCUT2D eigenvalue weighted by Gasteiger charge is -2.12. The topological polar surface area (TPSA) is 35.2 Å². The second-order valence-corrected chi connectivity index (χ2v) is 3.02. The predicted molar refractivity (Wildman–Crippen MR) is 47.3 cm³/mol. The fraction of sp³-hybridized carbons (Fsp3) is 0.250. The number of hydrogen-bond donors (Lipinski definition) is 1. The Balaban J connectivity index is 3.06. The van der Waals surface area contributed by atoms with E-state index in [-0.39, 0.29) is 5.02 Å². The van der Waals surface area contributed by atoms with Gasteiger partial charge in [-0.25, -0.2) is 0 Å². The third-order valence-electron chi connectivity index (χ3n) is 1.62. The number of rotatable bonds is 1. The van der Waals surface area contributed by atoms with Crippen LogP contribution in [0.1, 0.15) is 5.56 Å². The van der Waals surface area contributed by atoms with Crippen LogP contribution in [0.5, 0.6) is 5.75 Å². The second-order valence-electron chi connectivity index (χ2n) is 2.64. The molecule has 0 aliphatic heterocycles. The van der Waals surface area contributed by atoms with Gasteiger partial charge in [-0.05, 0) is 24.6 Å². The molecule has 0 saturated carbocycles. The molecule has 0 aliphatic rings. The molecule has 0 heterocycles. The molecule has 0 spiro atoms. The van der Waals surface area contributed by atoms with Crippen molar-refractivity contribution >= 4 is 17.3 Å². The molecule has 2 nitrogen and oxygen atoms in total. The van der Waals surface area contributed by atoms with Crippen LogP contribution in [0.3, 0.4) is 0 Å². The first-order valence-electron chi connectivity index (χ1n) is 3.61. The lowest BCUT2D eigenvalue weighted by Crippen LogP contribution is -2.17. The first-order valence-corrected chi connectivity index (χ1v) is 3.99. The molecule has 0 atom stereocenters. The molecule has 0 amide bonds. The van der Waals surface area contributed by atoms with E-state index < -0.39 is 12.1 Å². The molecule has 1 aromatic rings. The van der Waals surface area contributed by atoms with Gasteiger partial charge in [0.15, 0.2) is 0 Å². The maximum absolute atomic E-state index is 11.8. The summed E-state index contributed by atoms with van der Waals surface area (Å²) < 4.78 is 39.2. The Hall–Kier alpha value is -1.10. The summed E-state index contributed by atoms with van der Waals surface area (Å²) in [5, 5.41) is -0.123. The molecule has 0 radical (unpaired) electrons. The van der Waals surface area contributed by atoms with Gasteiger partial charge in [0.05, 0.1) is 5.02 Å². The number of ether oxygens (including phenoxy) is 1. The number of nitrogens with two attached hydrogens (primary N) is 1. The summed E-state index contributed by atoms with van der Waals surface area (Å²) in [7, 11) is 0. The largest absolute Gasteiger partial charge is 0.573 e. The van der Waals surface area contributed by atoms with Crippen LogP contribution in [0, 0.1) is 6.92 Å². The van der Waals surface area contributed by atoms with Crippen molar-refractivity contribution in [2.24, 2.45) is 0 Å². The zero-order valence-electron chi connectivity index (χ0n) is 7.15. The quantitative estimate of drug-likeness (QED) is 0.746. The lowest BCUT2D eigenvalue weighted by molar-refractivity contribution is -0.274. The molecule has 0 aliphatic carbocycles. The first kappa shape index (κ1) is 11.0. The molecule has 0 bridgehead atoms. The Morgan fingerprint density at radius 1 is 1.36 bits per heavy atom. The lowest BCUT2D eigenvalue weighted by atomic mass is 10.2. The Kier molecular flexibility index (Phi) is 2.80. The molecule has 0 unspecified atom stereocenters. The van der Waals surface area contributed by atoms with Crippen molar-refractivity contribution in [1.29, 1.82) is 0 Å². The van der Waals surface area contributed by atoms with Crippen molar-refractivity contribution < 1.29 is 17.9 Å². The highest BCUT2D eigenvalue weighted by Crippen LogP contribution is 2.34. The van der Waals surface area contributed by atoms with E-state index in [1.807, 2.05) is 0 Å². The van der Waals surface area contributed by atoms with Crippen LogP contribution >= 0.6 is 11.6 Å². The van der Waals surface area contributed by atoms with Gasteiger partial charge in [0.1, 0.15) is 5.75 Å². The van der Waals surface area contributed by atoms with Gasteiger partial charge in [0.2, 0.25) is 0 Å². The Bertz CT molecular complexity index is 351. The fourth-order valence-electron chi connectivity index (χ4n) is 0.879. The average Bonchev–Trinajstić information content (AvgIpc) is 2.04. The van der Waals surface area contributed by atoms with E-state index >= 15 is 0 Å². The Morgan fingerprint density at radius 3 is 2.43 bits per heavy atom. The average molecular weight is 226 g/mol. The standard InChI is InChI=1S/C8H7ClF3NO/c1-4-5(13)2-3-6(7(4)9)14-8(10,11)12/h2-3H,13H2,1H3. The van der Waals surface area contributed by atoms with Crippen LogP contribution in [-0.2, 0) is 0 Å². The zero-order valence-corrected chi connectivity index (χ0v) is 7.91. The Labute approximate surface area is 83.4 Å². The molecular formula is C8H7ClF3NO. The van der Waals surface area contributed by atoms with Crippen molar-refractivity contribution in [2.45, 2.75) is 13.3 Å². The first-order chi connectivity index (χ1) is 6.31. The molecule has 6 heteroatoms. The molecule has 0 saturated heterocycles. The minimum Gasteiger partial charge on any atom is -0.404 e. The SMILES string of the molecule is Cc1c(N)ccc(OC(F)(F)F)c1Cl. The highest BCUT2D eigenvalue weighted by molar-refractivity contribution is 6.33. The molecule has 2 N–H and O–H groups in total. The minimum absolute atomic E-state index is 0.123. The summed E-state index contributed by atoms with van der Waals surface area (Å²) in [4.78, 5) is 0. The zero-order chi connectivity index (χ0) is 10.9. The summed E-state index contributed by atoms with van der Waals surface area (Å²) in [5.41, 5.74) is 6.12. The number of benzene rings is 1. The van der Waals surface area contributed by atoms with Gasteiger partial charge in [-0.2, -0.15) is 0 Å². The van der Waals surface area contributed by atoms with E-state index in [1.165, 1.54) is 13.0 Å². The van der Waals surface area contributed by atoms with Crippen molar-refractivity contribution in [3.05, 3.63) is 22.7 Å². The number of alkyl halides is 3. The van der Waals surface area contributed by atoms with Gasteiger partial charge in [0.25, 0.3) is 0 Å². The van der Waals surface area contributed by atoms with Crippen LogP contribution in [0.4, 0.5) is 18.9 Å². The molecule has 1 rings (SSSR count). The van der Waals surface area contributed by atoms with E-state index in [0.717, 1.165) is 6.07 Å². The van der Waals surface area contributed by atoms with E-state index in [0.29, 0.717) is 11.3 Å². The maximum atomic E-state index is 11.8. The predicted octanol–water partition coefficient (Wildman–Crippen LogP) is 3.13. The highest BCUT2D eigenvalue weighted by atomic mass is 35.5. The summed E-state index contributed by atoms with van der Waals surface area (Å²) in [6.07, 6.45) is -4.74. The van der Waals surface area contributed by atoms with Gasteiger partial charge in [-0.1, -0.05) is 11.6 Å². The summed E-state index contributed by atoms with van der Waals surface area (Å²) >= 11 is 5.60. The summed E-state index contributed by atoms with van der Waals surface area (Å²) in [6, 6.07) is 2.39. The smallest absolute Gasteiger partial charge is 0.404 e. The van der Waals surface area contributed by atoms with E-state index in [4.69, 9.17) is 17.3 Å². The van der Waals surface area contributed by atoms with Gasteiger partial charge in [-0.3, -0.25) is 0 Å². The van der Waals surface area contributed by atoms with E-state index in [2.05, 4.69) is 4.74 Å². The van der Waals surface area contributed by atoms with Crippen LogP contribution in [0.15, 0.2) is 12.1 Å². The second kappa shape index (κ2) is 3.57. The van der Waals surface area contributed by atoms with Gasteiger partial charge >= 0.3 is 6.36 Å². The number of hydrogen-bond acceptors (Lipinski definition) is 2. The third-order valence-corrected chi connectivity index (χ3v) is 2.09. The number of anilines is 1. The number of halogens is 4. The van der Waals surface area contributed by atoms with Crippen molar-refractivity contribution in [3.63, 3.8) is 0 Å². The summed E-state index contributed by atoms with van der Waals surface area (Å²) in [6.45, 7) is 1.51. The van der Waals surface area contributed by atoms with Crippen molar-refractivity contribution in [2.75, 3.05) is 5.73 Å². The van der Waals surface area contributed by atoms with Gasteiger partial charge in [-0.15, -0.1) is 13.2 Å². The van der Waals surface area contributed by atoms with Crippen molar-refractivity contribution in [3.8, 4) is 5.75 Å². The van der Waals surface area contributed by atoms with E-state index in [9.17, 15) is 13.2 Å². The molecule has 14 heavy (non-hydrogen) atoms. The van der Waals surface area contributed by atoms with Gasteiger partial charge < -0.3 is 10.5 Å². The highest BCUT2D eigenvalue weighted by Gasteiger charge is 2.32. The van der Waals surface area contributed by atoms with Crippen LogP contribution in [0.2, 0.25) is 5.02 Å². The fourth-order valence-corrected chi connectivity index (χ4v) is 1.09. The van der Waals surface area contributed by atoms with Crippen LogP contribution in [0.25, 0.3) is 0 Å². The molecular weight excluding hydrogens is 219 g/mol. The molecule has 78 valence electrons. The van der Waals surface area contributed by atoms with Crippen molar-refractivity contribution in [1.82, 2.24) is 0 Å². The third kappa shape index (κ3) is 2.45. The molecule has 0 fully saturated rings. The Morgan fingerprint density at radius 2 is 1.93 bits per heavy atom. The molecule has 0 aromatic heterocycles. The summed E-state index contributed by atoms with van der Waals surface area (Å²) in [5.74, 6) is -0.439. The maximum Gasteiger partial charge on any atom is 0.573 e. The minimum atomic E-state index is -4.74. The number of nitrogen functional groups attached to an aromatic ring is 1. The normalized spacial score (nSPS) is 11.5. The van der Waals surface area contributed by atoms with Crippen LogP contribution in [-0.4, -0.2) is 6.36 Å². The monoisotopic (exact) mass is 225 g/mol. The molecule has 1 aromatic carbocycles. The van der Waals surface area contributed by atoms with Crippen LogP contribution < -0.4 is 10.5 Å². The van der Waals surface area contributed by atoms with Gasteiger partial charge in [0, 0.05) is 5.69 Å².